The van der Waals surface area contributed by atoms with Crippen LogP contribution in [0.4, 0.5) is 4.39 Å². The highest BCUT2D eigenvalue weighted by molar-refractivity contribution is 6.40. The van der Waals surface area contributed by atoms with Crippen LogP contribution < -0.4 is 0 Å². The fraction of sp³-hybridized carbons (Fsp3) is 0.429. The highest BCUT2D eigenvalue weighted by atomic mass is 19.1. The van der Waals surface area contributed by atoms with Crippen LogP contribution in [-0.2, 0) is 22.4 Å². The molecule has 0 unspecified atom stereocenters. The Kier molecular flexibility index (Phi) is 3.75. The van der Waals surface area contributed by atoms with Gasteiger partial charge >= 0.3 is 5.97 Å². The van der Waals surface area contributed by atoms with Crippen molar-refractivity contribution in [1.29, 1.82) is 0 Å². The maximum atomic E-state index is 14.2. The summed E-state index contributed by atoms with van der Waals surface area (Å²) >= 11 is 0. The fourth-order valence-corrected chi connectivity index (χ4v) is 2.26. The van der Waals surface area contributed by atoms with Crippen molar-refractivity contribution in [2.45, 2.75) is 32.6 Å². The molecule has 0 amide bonds. The van der Waals surface area contributed by atoms with Crippen LogP contribution in [0.1, 0.15) is 41.3 Å². The number of rotatable bonds is 3. The molecule has 1 aliphatic carbocycles. The van der Waals surface area contributed by atoms with Gasteiger partial charge in [-0.2, -0.15) is 0 Å². The minimum absolute atomic E-state index is 0.108. The van der Waals surface area contributed by atoms with Gasteiger partial charge in [0.15, 0.2) is 0 Å². The Bertz CT molecular complexity index is 494. The van der Waals surface area contributed by atoms with E-state index < -0.39 is 17.6 Å². The summed E-state index contributed by atoms with van der Waals surface area (Å²) < 4.78 is 18.8. The lowest BCUT2D eigenvalue weighted by Crippen LogP contribution is -2.20. The van der Waals surface area contributed by atoms with E-state index in [1.54, 1.807) is 13.0 Å². The Morgan fingerprint density at radius 1 is 1.28 bits per heavy atom. The molecular weight excluding hydrogens is 235 g/mol. The van der Waals surface area contributed by atoms with Crippen molar-refractivity contribution in [2.75, 3.05) is 6.61 Å². The van der Waals surface area contributed by atoms with Crippen molar-refractivity contribution in [2.24, 2.45) is 0 Å². The van der Waals surface area contributed by atoms with E-state index in [9.17, 15) is 14.0 Å². The van der Waals surface area contributed by atoms with Crippen LogP contribution in [0.25, 0.3) is 0 Å². The van der Waals surface area contributed by atoms with E-state index in [0.29, 0.717) is 12.0 Å². The Morgan fingerprint density at radius 3 is 2.72 bits per heavy atom. The quantitative estimate of drug-likeness (QED) is 0.470. The summed E-state index contributed by atoms with van der Waals surface area (Å²) in [6, 6.07) is 3.13. The molecule has 0 radical (unpaired) electrons. The summed E-state index contributed by atoms with van der Waals surface area (Å²) in [6.45, 7) is 1.71. The molecule has 0 bridgehead atoms. The minimum Gasteiger partial charge on any atom is -0.460 e. The molecule has 0 aromatic heterocycles. The molecule has 0 spiro atoms. The number of carbonyl (C=O) groups is 2. The lowest BCUT2D eigenvalue weighted by atomic mass is 9.89. The van der Waals surface area contributed by atoms with Gasteiger partial charge in [0.2, 0.25) is 0 Å². The topological polar surface area (TPSA) is 43.4 Å². The molecule has 0 aliphatic heterocycles. The second kappa shape index (κ2) is 5.29. The zero-order valence-electron chi connectivity index (χ0n) is 10.3. The standard InChI is InChI=1S/C14H15FO3/c1-2-18-14(17)13(16)11-8-7-9-5-3-4-6-10(9)12(11)15/h7-8H,2-6H2,1H3. The lowest BCUT2D eigenvalue weighted by Gasteiger charge is -2.17. The molecule has 18 heavy (non-hydrogen) atoms. The van der Waals surface area contributed by atoms with Gasteiger partial charge in [0.25, 0.3) is 5.78 Å². The number of fused-ring (bicyclic) bond motifs is 1. The number of benzene rings is 1. The Morgan fingerprint density at radius 2 is 2.00 bits per heavy atom. The first-order valence-corrected chi connectivity index (χ1v) is 6.16. The molecule has 0 heterocycles. The van der Waals surface area contributed by atoms with Gasteiger partial charge in [-0.3, -0.25) is 4.79 Å². The second-order valence-corrected chi connectivity index (χ2v) is 4.32. The molecule has 1 aliphatic rings. The number of esters is 1. The zero-order chi connectivity index (χ0) is 13.1. The molecule has 0 fully saturated rings. The van der Waals surface area contributed by atoms with E-state index >= 15 is 0 Å². The summed E-state index contributed by atoms with van der Waals surface area (Å²) in [6.07, 6.45) is 3.42. The maximum absolute atomic E-state index is 14.2. The number of carbonyl (C=O) groups excluding carboxylic acids is 2. The number of Topliss-reactive ketones (excluding diaryl/α,β-unsaturated/α-hetero) is 1. The summed E-state index contributed by atoms with van der Waals surface area (Å²) in [4.78, 5) is 23.1. The van der Waals surface area contributed by atoms with Crippen LogP contribution in [0.5, 0.6) is 0 Å². The van der Waals surface area contributed by atoms with Crippen LogP contribution in [0.3, 0.4) is 0 Å². The molecule has 2 rings (SSSR count). The van der Waals surface area contributed by atoms with E-state index in [-0.39, 0.29) is 12.2 Å². The van der Waals surface area contributed by atoms with E-state index in [1.807, 2.05) is 0 Å². The van der Waals surface area contributed by atoms with E-state index in [0.717, 1.165) is 24.8 Å². The van der Waals surface area contributed by atoms with Crippen LogP contribution in [0.2, 0.25) is 0 Å². The first-order chi connectivity index (χ1) is 8.65. The predicted molar refractivity (Wildman–Crippen MR) is 64.0 cm³/mol. The maximum Gasteiger partial charge on any atom is 0.379 e. The van der Waals surface area contributed by atoms with Gasteiger partial charge in [0.05, 0.1) is 12.2 Å². The average molecular weight is 250 g/mol. The van der Waals surface area contributed by atoms with E-state index in [1.165, 1.54) is 6.07 Å². The number of ketones is 1. The van der Waals surface area contributed by atoms with Crippen molar-refractivity contribution in [1.82, 2.24) is 0 Å². The van der Waals surface area contributed by atoms with Crippen molar-refractivity contribution >= 4 is 11.8 Å². The fourth-order valence-electron chi connectivity index (χ4n) is 2.26. The molecule has 0 N–H and O–H groups in total. The van der Waals surface area contributed by atoms with Gasteiger partial charge in [0, 0.05) is 0 Å². The summed E-state index contributed by atoms with van der Waals surface area (Å²) in [5.74, 6) is -2.44. The van der Waals surface area contributed by atoms with E-state index in [4.69, 9.17) is 0 Å². The second-order valence-electron chi connectivity index (χ2n) is 4.32. The molecule has 1 aromatic rings. The Balaban J connectivity index is 2.35. The van der Waals surface area contributed by atoms with Crippen molar-refractivity contribution in [3.63, 3.8) is 0 Å². The Hall–Kier alpha value is -1.71. The predicted octanol–water partition coefficient (Wildman–Crippen LogP) is 2.45. The first kappa shape index (κ1) is 12.7. The molecule has 0 saturated carbocycles. The third-order valence-electron chi connectivity index (χ3n) is 3.17. The number of halogens is 1. The summed E-state index contributed by atoms with van der Waals surface area (Å²) in [5, 5.41) is 0. The molecule has 96 valence electrons. The highest BCUT2D eigenvalue weighted by Gasteiger charge is 2.25. The molecule has 1 aromatic carbocycles. The van der Waals surface area contributed by atoms with Crippen molar-refractivity contribution in [3.8, 4) is 0 Å². The van der Waals surface area contributed by atoms with Crippen LogP contribution in [-0.4, -0.2) is 18.4 Å². The highest BCUT2D eigenvalue weighted by Crippen LogP contribution is 2.26. The smallest absolute Gasteiger partial charge is 0.379 e. The molecule has 4 heteroatoms. The summed E-state index contributed by atoms with van der Waals surface area (Å²) in [7, 11) is 0. The molecule has 0 atom stereocenters. The van der Waals surface area contributed by atoms with E-state index in [2.05, 4.69) is 4.74 Å². The lowest BCUT2D eigenvalue weighted by molar-refractivity contribution is -0.137. The number of aryl methyl sites for hydroxylation is 1. The minimum atomic E-state index is -0.993. The molecular formula is C14H15FO3. The summed E-state index contributed by atoms with van der Waals surface area (Å²) in [5.41, 5.74) is 1.35. The van der Waals surface area contributed by atoms with Gasteiger partial charge in [-0.1, -0.05) is 6.07 Å². The van der Waals surface area contributed by atoms with Gasteiger partial charge in [-0.25, -0.2) is 9.18 Å². The third kappa shape index (κ3) is 2.28. The number of hydrogen-bond acceptors (Lipinski definition) is 3. The normalized spacial score (nSPS) is 13.9. The monoisotopic (exact) mass is 250 g/mol. The van der Waals surface area contributed by atoms with Gasteiger partial charge in [0.1, 0.15) is 5.82 Å². The zero-order valence-corrected chi connectivity index (χ0v) is 10.3. The Labute approximate surface area is 105 Å². The SMILES string of the molecule is CCOC(=O)C(=O)c1ccc2c(c1F)CCCC2. The first-order valence-electron chi connectivity index (χ1n) is 6.16. The van der Waals surface area contributed by atoms with Gasteiger partial charge in [-0.15, -0.1) is 0 Å². The average Bonchev–Trinajstić information content (AvgIpc) is 2.39. The molecule has 3 nitrogen and oxygen atoms in total. The van der Waals surface area contributed by atoms with Crippen molar-refractivity contribution < 1.29 is 18.7 Å². The van der Waals surface area contributed by atoms with Crippen LogP contribution >= 0.6 is 0 Å². The number of ether oxygens (including phenoxy) is 1. The van der Waals surface area contributed by atoms with Crippen LogP contribution in [0.15, 0.2) is 12.1 Å². The van der Waals surface area contributed by atoms with Gasteiger partial charge in [-0.05, 0) is 49.8 Å². The van der Waals surface area contributed by atoms with Gasteiger partial charge < -0.3 is 4.74 Å². The van der Waals surface area contributed by atoms with Crippen LogP contribution in [0, 0.1) is 5.82 Å². The molecule has 0 saturated heterocycles. The number of hydrogen-bond donors (Lipinski definition) is 0. The van der Waals surface area contributed by atoms with Crippen molar-refractivity contribution in [3.05, 3.63) is 34.6 Å². The third-order valence-corrected chi connectivity index (χ3v) is 3.17. The largest absolute Gasteiger partial charge is 0.460 e.